The number of aromatic nitrogens is 6. The maximum Gasteiger partial charge on any atom is 0.179 e. The second kappa shape index (κ2) is 9.64. The molecule has 0 aliphatic heterocycles. The number of ether oxygens (including phenoxy) is 2. The van der Waals surface area contributed by atoms with Crippen LogP contribution in [0, 0.1) is 0 Å². The molecule has 4 heterocycles. The van der Waals surface area contributed by atoms with E-state index in [1.165, 1.54) is 0 Å². The lowest BCUT2D eigenvalue weighted by Gasteiger charge is -2.12. The molecule has 1 N–H and O–H groups in total. The Bertz CT molecular complexity index is 1430. The van der Waals surface area contributed by atoms with Gasteiger partial charge in [-0.25, -0.2) is 9.97 Å². The summed E-state index contributed by atoms with van der Waals surface area (Å²) < 4.78 is 12.6. The highest BCUT2D eigenvalue weighted by Crippen LogP contribution is 2.40. The van der Waals surface area contributed by atoms with E-state index in [9.17, 15) is 0 Å². The number of fused-ring (bicyclic) bond motifs is 2. The molecule has 0 saturated carbocycles. The van der Waals surface area contributed by atoms with Crippen molar-refractivity contribution in [2.24, 2.45) is 0 Å². The number of aromatic amines is 1. The lowest BCUT2D eigenvalue weighted by molar-refractivity contribution is 0.355. The Kier molecular flexibility index (Phi) is 6.67. The minimum absolute atomic E-state index is 0.401. The van der Waals surface area contributed by atoms with Gasteiger partial charge < -0.3 is 14.5 Å². The fraction of sp³-hybridized carbons (Fsp3) is 0.217. The average molecular weight is 485 g/mol. The average Bonchev–Trinajstić information content (AvgIpc) is 3.42. The van der Waals surface area contributed by atoms with Gasteiger partial charge in [0.15, 0.2) is 17.1 Å². The quantitative estimate of drug-likeness (QED) is 0.318. The van der Waals surface area contributed by atoms with Crippen molar-refractivity contribution in [3.63, 3.8) is 0 Å². The predicted molar refractivity (Wildman–Crippen MR) is 130 cm³/mol. The lowest BCUT2D eigenvalue weighted by atomic mass is 10.0. The summed E-state index contributed by atoms with van der Waals surface area (Å²) >= 11 is 12.5. The van der Waals surface area contributed by atoms with Crippen molar-refractivity contribution in [2.45, 2.75) is 20.4 Å². The summed E-state index contributed by atoms with van der Waals surface area (Å²) in [5.74, 6) is 1.86. The zero-order valence-electron chi connectivity index (χ0n) is 18.6. The number of imidazole rings is 1. The number of nitrogens with one attached hydrogen (secondary N) is 1. The van der Waals surface area contributed by atoms with E-state index in [-0.39, 0.29) is 0 Å². The molecule has 0 radical (unpaired) electrons. The number of hydrogen-bond donors (Lipinski definition) is 1. The molecule has 8 nitrogen and oxygen atoms in total. The number of benzene rings is 1. The van der Waals surface area contributed by atoms with E-state index in [2.05, 4.69) is 25.0 Å². The molecule has 1 aromatic carbocycles. The fourth-order valence-electron chi connectivity index (χ4n) is 3.49. The Morgan fingerprint density at radius 3 is 2.48 bits per heavy atom. The molecule has 0 spiro atoms. The zero-order chi connectivity index (χ0) is 23.5. The molecule has 4 aromatic heterocycles. The molecular weight excluding hydrogens is 463 g/mol. The van der Waals surface area contributed by atoms with Crippen molar-refractivity contribution in [1.29, 1.82) is 0 Å². The summed E-state index contributed by atoms with van der Waals surface area (Å²) in [7, 11) is 3.16. The van der Waals surface area contributed by atoms with Crippen LogP contribution < -0.4 is 9.47 Å². The highest BCUT2D eigenvalue weighted by Gasteiger charge is 2.16. The molecule has 0 amide bonds. The highest BCUT2D eigenvalue weighted by atomic mass is 35.5. The molecule has 10 heteroatoms. The number of hydrogen-bond acceptors (Lipinski definition) is 6. The van der Waals surface area contributed by atoms with E-state index in [4.69, 9.17) is 32.7 Å². The lowest BCUT2D eigenvalue weighted by Crippen LogP contribution is -2.01. The van der Waals surface area contributed by atoms with Gasteiger partial charge in [-0.3, -0.25) is 9.67 Å². The molecule has 0 unspecified atom stereocenters. The van der Waals surface area contributed by atoms with E-state index < -0.39 is 0 Å². The summed E-state index contributed by atoms with van der Waals surface area (Å²) in [6, 6.07) is 7.13. The summed E-state index contributed by atoms with van der Waals surface area (Å²) in [5.41, 5.74) is 3.74. The summed E-state index contributed by atoms with van der Waals surface area (Å²) in [6.45, 7) is 4.43. The normalized spacial score (nSPS) is 10.8. The first-order valence-electron chi connectivity index (χ1n) is 10.3. The fourth-order valence-corrected chi connectivity index (χ4v) is 3.89. The highest BCUT2D eigenvalue weighted by molar-refractivity contribution is 6.34. The number of halogens is 2. The standard InChI is InChI=1S/C21H16Cl2N6O2.C2H6/c1-30-17-5-11(14(22)6-18(17)31-2)12-7-24-8-16-13(12)9-29(28-16)10-20-25-15-3-4-19(23)26-21(15)27-20;1-2/h3-9H,10H2,1-2H3,(H,25,26,27);1-2H3. The van der Waals surface area contributed by atoms with Crippen LogP contribution in [-0.2, 0) is 6.54 Å². The van der Waals surface area contributed by atoms with Crippen molar-refractivity contribution >= 4 is 45.3 Å². The molecular formula is C23H22Cl2N6O2. The maximum absolute atomic E-state index is 6.54. The third-order valence-corrected chi connectivity index (χ3v) is 5.44. The van der Waals surface area contributed by atoms with Crippen molar-refractivity contribution in [2.75, 3.05) is 14.2 Å². The monoisotopic (exact) mass is 484 g/mol. The van der Waals surface area contributed by atoms with Crippen LogP contribution in [0.1, 0.15) is 19.7 Å². The van der Waals surface area contributed by atoms with Gasteiger partial charge in [0, 0.05) is 35.0 Å². The van der Waals surface area contributed by atoms with Gasteiger partial charge in [-0.2, -0.15) is 5.10 Å². The third-order valence-electron chi connectivity index (χ3n) is 4.92. The van der Waals surface area contributed by atoms with E-state index in [1.807, 2.05) is 32.2 Å². The topological polar surface area (TPSA) is 90.7 Å². The van der Waals surface area contributed by atoms with Gasteiger partial charge in [-0.1, -0.05) is 37.0 Å². The van der Waals surface area contributed by atoms with E-state index in [0.717, 1.165) is 33.4 Å². The second-order valence-electron chi connectivity index (χ2n) is 6.82. The first-order valence-corrected chi connectivity index (χ1v) is 11.1. The molecule has 5 aromatic rings. The molecule has 33 heavy (non-hydrogen) atoms. The Morgan fingerprint density at radius 1 is 0.970 bits per heavy atom. The molecule has 0 bridgehead atoms. The largest absolute Gasteiger partial charge is 0.493 e. The summed E-state index contributed by atoms with van der Waals surface area (Å²) in [6.07, 6.45) is 5.41. The first-order chi connectivity index (χ1) is 16.1. The van der Waals surface area contributed by atoms with E-state index in [0.29, 0.717) is 33.9 Å². The van der Waals surface area contributed by atoms with Crippen LogP contribution in [-0.4, -0.2) is 43.9 Å². The van der Waals surface area contributed by atoms with Crippen LogP contribution in [0.2, 0.25) is 10.2 Å². The summed E-state index contributed by atoms with van der Waals surface area (Å²) in [4.78, 5) is 16.3. The smallest absolute Gasteiger partial charge is 0.179 e. The Balaban J connectivity index is 0.00000126. The minimum atomic E-state index is 0.401. The van der Waals surface area contributed by atoms with E-state index in [1.54, 1.807) is 43.4 Å². The van der Waals surface area contributed by atoms with Crippen LogP contribution in [0.25, 0.3) is 33.2 Å². The second-order valence-corrected chi connectivity index (χ2v) is 7.62. The Labute approximate surface area is 200 Å². The van der Waals surface area contributed by atoms with Crippen LogP contribution in [0.5, 0.6) is 11.5 Å². The van der Waals surface area contributed by atoms with Crippen LogP contribution in [0.15, 0.2) is 42.9 Å². The molecule has 0 atom stereocenters. The molecule has 5 rings (SSSR count). The zero-order valence-corrected chi connectivity index (χ0v) is 20.1. The number of nitrogens with zero attached hydrogens (tertiary/aromatic N) is 5. The van der Waals surface area contributed by atoms with Gasteiger partial charge in [0.2, 0.25) is 0 Å². The maximum atomic E-state index is 6.54. The molecule has 0 fully saturated rings. The number of methoxy groups -OCH3 is 2. The summed E-state index contributed by atoms with van der Waals surface area (Å²) in [5, 5.41) is 6.47. The van der Waals surface area contributed by atoms with Crippen molar-refractivity contribution in [3.8, 4) is 22.6 Å². The van der Waals surface area contributed by atoms with Gasteiger partial charge in [0.05, 0.1) is 37.5 Å². The Morgan fingerprint density at radius 2 is 1.73 bits per heavy atom. The molecule has 0 aliphatic carbocycles. The van der Waals surface area contributed by atoms with Gasteiger partial charge in [0.25, 0.3) is 0 Å². The molecule has 0 aliphatic rings. The SMILES string of the molecule is CC.COc1cc(Cl)c(-c2cncc3nn(Cc4nc5nc(Cl)ccc5[nH]4)cc23)cc1OC. The molecule has 170 valence electrons. The number of pyridine rings is 2. The Hall–Kier alpha value is -3.36. The predicted octanol–water partition coefficient (Wildman–Crippen LogP) is 5.77. The van der Waals surface area contributed by atoms with Crippen LogP contribution >= 0.6 is 23.2 Å². The van der Waals surface area contributed by atoms with Crippen molar-refractivity contribution in [3.05, 3.63) is 58.9 Å². The minimum Gasteiger partial charge on any atom is -0.493 e. The van der Waals surface area contributed by atoms with Gasteiger partial charge >= 0.3 is 0 Å². The van der Waals surface area contributed by atoms with Gasteiger partial charge in [-0.15, -0.1) is 0 Å². The third kappa shape index (κ3) is 4.44. The number of rotatable bonds is 5. The van der Waals surface area contributed by atoms with Crippen LogP contribution in [0.3, 0.4) is 0 Å². The molecule has 0 saturated heterocycles. The first kappa shape index (κ1) is 22.8. The van der Waals surface area contributed by atoms with Gasteiger partial charge in [-0.05, 0) is 18.2 Å². The van der Waals surface area contributed by atoms with E-state index >= 15 is 0 Å². The van der Waals surface area contributed by atoms with Crippen molar-refractivity contribution < 1.29 is 9.47 Å². The van der Waals surface area contributed by atoms with Gasteiger partial charge in [0.1, 0.15) is 16.5 Å². The van der Waals surface area contributed by atoms with Crippen LogP contribution in [0.4, 0.5) is 0 Å². The van der Waals surface area contributed by atoms with Crippen molar-refractivity contribution in [1.82, 2.24) is 29.7 Å². The number of H-pyrrole nitrogens is 1.